The fourth-order valence-corrected chi connectivity index (χ4v) is 5.09. The summed E-state index contributed by atoms with van der Waals surface area (Å²) < 4.78 is 34.3. The van der Waals surface area contributed by atoms with E-state index in [0.29, 0.717) is 16.3 Å². The third-order valence-electron chi connectivity index (χ3n) is 4.50. The van der Waals surface area contributed by atoms with Crippen LogP contribution in [0.2, 0.25) is 0 Å². The molecular weight excluding hydrogens is 444 g/mol. The molecule has 0 unspecified atom stereocenters. The van der Waals surface area contributed by atoms with Crippen LogP contribution < -0.4 is 15.4 Å². The SMILES string of the molecule is COC(=O)NC(=O)c1c(NC(=O)CCCS(=O)(=O)c2ccc(OC)cc2)sc(C)c1C. The lowest BCUT2D eigenvalue weighted by atomic mass is 10.1. The van der Waals surface area contributed by atoms with Crippen LogP contribution >= 0.6 is 11.3 Å². The maximum Gasteiger partial charge on any atom is 0.413 e. The van der Waals surface area contributed by atoms with Gasteiger partial charge in [-0.2, -0.15) is 0 Å². The highest BCUT2D eigenvalue weighted by Gasteiger charge is 2.23. The van der Waals surface area contributed by atoms with Crippen LogP contribution in [0, 0.1) is 13.8 Å². The summed E-state index contributed by atoms with van der Waals surface area (Å²) in [4.78, 5) is 37.0. The fourth-order valence-electron chi connectivity index (χ4n) is 2.71. The maximum atomic E-state index is 12.4. The molecule has 3 amide bonds. The van der Waals surface area contributed by atoms with Crippen molar-refractivity contribution < 1.29 is 32.3 Å². The summed E-state index contributed by atoms with van der Waals surface area (Å²) in [5, 5.41) is 5.00. The minimum Gasteiger partial charge on any atom is -0.497 e. The summed E-state index contributed by atoms with van der Waals surface area (Å²) in [6, 6.07) is 6.03. The molecular formula is C20H24N2O7S2. The fraction of sp³-hybridized carbons (Fsp3) is 0.350. The molecule has 1 heterocycles. The van der Waals surface area contributed by atoms with E-state index in [0.717, 1.165) is 12.0 Å². The lowest BCUT2D eigenvalue weighted by molar-refractivity contribution is -0.116. The number of hydrogen-bond donors (Lipinski definition) is 2. The van der Waals surface area contributed by atoms with Crippen molar-refractivity contribution in [3.8, 4) is 5.75 Å². The van der Waals surface area contributed by atoms with Crippen LogP contribution in [0.3, 0.4) is 0 Å². The number of nitrogens with one attached hydrogen (secondary N) is 2. The number of hydrogen-bond acceptors (Lipinski definition) is 8. The van der Waals surface area contributed by atoms with Crippen molar-refractivity contribution >= 4 is 44.1 Å². The first-order valence-corrected chi connectivity index (χ1v) is 11.7. The predicted octanol–water partition coefficient (Wildman–Crippen LogP) is 3.06. The Labute approximate surface area is 184 Å². The van der Waals surface area contributed by atoms with Crippen LogP contribution in [0.4, 0.5) is 9.80 Å². The molecule has 1 aromatic heterocycles. The molecule has 0 saturated heterocycles. The van der Waals surface area contributed by atoms with Crippen LogP contribution in [0.5, 0.6) is 5.75 Å². The number of anilines is 1. The summed E-state index contributed by atoms with van der Waals surface area (Å²) in [6.45, 7) is 3.49. The second kappa shape index (κ2) is 10.4. The zero-order valence-corrected chi connectivity index (χ0v) is 19.2. The van der Waals surface area contributed by atoms with E-state index >= 15 is 0 Å². The number of alkyl carbamates (subject to hydrolysis) is 1. The number of sulfone groups is 1. The molecule has 0 aliphatic heterocycles. The van der Waals surface area contributed by atoms with E-state index in [1.807, 2.05) is 0 Å². The van der Waals surface area contributed by atoms with Crippen molar-refractivity contribution in [2.24, 2.45) is 0 Å². The first kappa shape index (κ1) is 24.4. The minimum atomic E-state index is -3.54. The highest BCUT2D eigenvalue weighted by Crippen LogP contribution is 2.32. The van der Waals surface area contributed by atoms with Gasteiger partial charge in [-0.3, -0.25) is 14.9 Å². The van der Waals surface area contributed by atoms with Crippen molar-refractivity contribution in [1.29, 1.82) is 0 Å². The van der Waals surface area contributed by atoms with E-state index in [1.54, 1.807) is 26.0 Å². The molecule has 0 atom stereocenters. The largest absolute Gasteiger partial charge is 0.497 e. The number of methoxy groups -OCH3 is 2. The van der Waals surface area contributed by atoms with E-state index in [-0.39, 0.29) is 29.1 Å². The molecule has 2 N–H and O–H groups in total. The molecule has 2 aromatic rings. The smallest absolute Gasteiger partial charge is 0.413 e. The van der Waals surface area contributed by atoms with Gasteiger partial charge in [0, 0.05) is 11.3 Å². The quantitative estimate of drug-likeness (QED) is 0.609. The third-order valence-corrected chi connectivity index (χ3v) is 7.44. The van der Waals surface area contributed by atoms with Gasteiger partial charge in [-0.1, -0.05) is 0 Å². The number of amides is 3. The molecule has 0 bridgehead atoms. The standard InChI is InChI=1S/C20H24N2O7S2/c1-12-13(2)30-19(17(12)18(24)22-20(25)29-4)21-16(23)6-5-11-31(26,27)15-9-7-14(28-3)8-10-15/h7-10H,5-6,11H2,1-4H3,(H,21,23)(H,22,24,25). The van der Waals surface area contributed by atoms with Gasteiger partial charge in [-0.05, 0) is 50.1 Å². The summed E-state index contributed by atoms with van der Waals surface area (Å²) in [7, 11) is -0.918. The molecule has 0 saturated carbocycles. The van der Waals surface area contributed by atoms with Crippen LogP contribution in [0.1, 0.15) is 33.6 Å². The molecule has 0 aliphatic rings. The van der Waals surface area contributed by atoms with Crippen LogP contribution in [0.15, 0.2) is 29.2 Å². The van der Waals surface area contributed by atoms with Gasteiger partial charge in [-0.15, -0.1) is 11.3 Å². The topological polar surface area (TPSA) is 128 Å². The predicted molar refractivity (Wildman–Crippen MR) is 117 cm³/mol. The average molecular weight is 469 g/mol. The first-order valence-electron chi connectivity index (χ1n) is 9.25. The van der Waals surface area contributed by atoms with Crippen LogP contribution in [-0.2, 0) is 19.4 Å². The third kappa shape index (κ3) is 6.28. The molecule has 168 valence electrons. The Kier molecular flexibility index (Phi) is 8.17. The van der Waals surface area contributed by atoms with Crippen molar-refractivity contribution in [3.63, 3.8) is 0 Å². The normalized spacial score (nSPS) is 11.0. The Bertz CT molecular complexity index is 1070. The Morgan fingerprint density at radius 3 is 2.29 bits per heavy atom. The molecule has 31 heavy (non-hydrogen) atoms. The van der Waals surface area contributed by atoms with Crippen LogP contribution in [0.25, 0.3) is 0 Å². The number of rotatable bonds is 8. The zero-order chi connectivity index (χ0) is 23.2. The molecule has 11 heteroatoms. The lowest BCUT2D eigenvalue weighted by Crippen LogP contribution is -2.31. The number of carbonyl (C=O) groups excluding carboxylic acids is 3. The van der Waals surface area contributed by atoms with E-state index in [1.165, 1.54) is 30.6 Å². The van der Waals surface area contributed by atoms with E-state index in [9.17, 15) is 22.8 Å². The molecule has 0 fully saturated rings. The van der Waals surface area contributed by atoms with Crippen molar-refractivity contribution in [2.45, 2.75) is 31.6 Å². The average Bonchev–Trinajstić information content (AvgIpc) is 3.00. The number of aryl methyl sites for hydroxylation is 1. The highest BCUT2D eigenvalue weighted by atomic mass is 32.2. The number of ether oxygens (including phenoxy) is 2. The molecule has 0 radical (unpaired) electrons. The molecule has 9 nitrogen and oxygen atoms in total. The van der Waals surface area contributed by atoms with Gasteiger partial charge >= 0.3 is 6.09 Å². The summed E-state index contributed by atoms with van der Waals surface area (Å²) >= 11 is 1.20. The van der Waals surface area contributed by atoms with Crippen molar-refractivity contribution in [3.05, 3.63) is 40.3 Å². The molecule has 1 aromatic carbocycles. The molecule has 0 spiro atoms. The van der Waals surface area contributed by atoms with Gasteiger partial charge in [0.1, 0.15) is 10.8 Å². The lowest BCUT2D eigenvalue weighted by Gasteiger charge is -2.08. The Balaban J connectivity index is 2.00. The number of imide groups is 1. The Morgan fingerprint density at radius 2 is 1.71 bits per heavy atom. The summed E-state index contributed by atoms with van der Waals surface area (Å²) in [5.74, 6) is -0.776. The summed E-state index contributed by atoms with van der Waals surface area (Å²) in [5.41, 5.74) is 0.802. The number of carbonyl (C=O) groups is 3. The van der Waals surface area contributed by atoms with Gasteiger partial charge in [0.05, 0.1) is 30.4 Å². The van der Waals surface area contributed by atoms with Crippen molar-refractivity contribution in [2.75, 3.05) is 25.3 Å². The van der Waals surface area contributed by atoms with E-state index < -0.39 is 27.7 Å². The first-order chi connectivity index (χ1) is 14.6. The van der Waals surface area contributed by atoms with E-state index in [4.69, 9.17) is 4.74 Å². The minimum absolute atomic E-state index is 0.0521. The Hall–Kier alpha value is -2.92. The Morgan fingerprint density at radius 1 is 1.06 bits per heavy atom. The maximum absolute atomic E-state index is 12.4. The summed E-state index contributed by atoms with van der Waals surface area (Å²) in [6.07, 6.45) is -0.856. The van der Waals surface area contributed by atoms with Crippen molar-refractivity contribution in [1.82, 2.24) is 5.32 Å². The number of thiophene rings is 1. The van der Waals surface area contributed by atoms with E-state index in [2.05, 4.69) is 15.4 Å². The van der Waals surface area contributed by atoms with Gasteiger partial charge < -0.3 is 14.8 Å². The second-order valence-electron chi connectivity index (χ2n) is 6.58. The van der Waals surface area contributed by atoms with Gasteiger partial charge in [0.15, 0.2) is 9.84 Å². The van der Waals surface area contributed by atoms with Crippen LogP contribution in [-0.4, -0.2) is 46.3 Å². The molecule has 0 aliphatic carbocycles. The monoisotopic (exact) mass is 468 g/mol. The zero-order valence-electron chi connectivity index (χ0n) is 17.6. The van der Waals surface area contributed by atoms with Gasteiger partial charge in [-0.25, -0.2) is 13.2 Å². The molecule has 2 rings (SSSR count). The number of benzene rings is 1. The highest BCUT2D eigenvalue weighted by molar-refractivity contribution is 7.91. The van der Waals surface area contributed by atoms with Gasteiger partial charge in [0.25, 0.3) is 5.91 Å². The second-order valence-corrected chi connectivity index (χ2v) is 9.91. The van der Waals surface area contributed by atoms with Gasteiger partial charge in [0.2, 0.25) is 5.91 Å².